The highest BCUT2D eigenvalue weighted by molar-refractivity contribution is 5.90. The maximum atomic E-state index is 11.4. The van der Waals surface area contributed by atoms with E-state index < -0.39 is 10.9 Å². The molecule has 1 aromatic heterocycles. The molecule has 2 N–H and O–H groups in total. The number of carbonyl (C=O) groups is 1. The Morgan fingerprint density at radius 1 is 1.48 bits per heavy atom. The number of hydrogen-bond donors (Lipinski definition) is 2. The molecule has 8 heteroatoms. The van der Waals surface area contributed by atoms with Gasteiger partial charge in [0.25, 0.3) is 0 Å². The maximum absolute atomic E-state index is 11.4. The summed E-state index contributed by atoms with van der Waals surface area (Å²) in [5.74, 6) is -0.535. The van der Waals surface area contributed by atoms with E-state index in [1.165, 1.54) is 13.3 Å². The number of anilines is 1. The summed E-state index contributed by atoms with van der Waals surface area (Å²) in [7, 11) is 1.20. The highest BCUT2D eigenvalue weighted by Crippen LogP contribution is 2.27. The fraction of sp³-hybridized carbons (Fsp3) is 0.538. The van der Waals surface area contributed by atoms with Gasteiger partial charge in [-0.15, -0.1) is 0 Å². The number of rotatable bonds is 4. The number of nitrogens with one attached hydrogen (secondary N) is 1. The van der Waals surface area contributed by atoms with Gasteiger partial charge in [0, 0.05) is 18.3 Å². The average Bonchev–Trinajstić information content (AvgIpc) is 2.49. The molecule has 0 unspecified atom stereocenters. The van der Waals surface area contributed by atoms with Gasteiger partial charge in [0.15, 0.2) is 0 Å². The molecular formula is C13H17N3O5. The summed E-state index contributed by atoms with van der Waals surface area (Å²) in [6, 6.07) is 1.18. The minimum absolute atomic E-state index is 0.0311. The van der Waals surface area contributed by atoms with Crippen LogP contribution in [0.1, 0.15) is 36.0 Å². The third-order valence-electron chi connectivity index (χ3n) is 3.52. The van der Waals surface area contributed by atoms with Crippen LogP contribution in [0.5, 0.6) is 0 Å². The van der Waals surface area contributed by atoms with Gasteiger partial charge in [-0.2, -0.15) is 0 Å². The Hall–Kier alpha value is -2.22. The van der Waals surface area contributed by atoms with Crippen molar-refractivity contribution >= 4 is 17.5 Å². The standard InChI is InChI=1S/C13H17N3O5/c1-21-13(18)8-6-11(16(19)20)12(14-7-8)15-9-2-4-10(17)5-3-9/h6-7,9-10,17H,2-5H2,1H3,(H,14,15)/t9-,10-. The van der Waals surface area contributed by atoms with Crippen molar-refractivity contribution < 1.29 is 19.6 Å². The molecule has 0 spiro atoms. The summed E-state index contributed by atoms with van der Waals surface area (Å²) in [4.78, 5) is 25.9. The molecule has 0 aliphatic heterocycles. The van der Waals surface area contributed by atoms with Crippen LogP contribution in [0.2, 0.25) is 0 Å². The van der Waals surface area contributed by atoms with Gasteiger partial charge in [0.1, 0.15) is 0 Å². The van der Waals surface area contributed by atoms with Crippen molar-refractivity contribution in [2.45, 2.75) is 37.8 Å². The first-order valence-electron chi connectivity index (χ1n) is 6.68. The molecule has 1 saturated carbocycles. The SMILES string of the molecule is COC(=O)c1cnc(N[C@H]2CC[C@H](O)CC2)c([N+](=O)[O-])c1. The monoisotopic (exact) mass is 295 g/mol. The molecule has 21 heavy (non-hydrogen) atoms. The van der Waals surface area contributed by atoms with Crippen LogP contribution in [0.25, 0.3) is 0 Å². The van der Waals surface area contributed by atoms with E-state index in [0.717, 1.165) is 18.9 Å². The number of pyridine rings is 1. The van der Waals surface area contributed by atoms with Gasteiger partial charge < -0.3 is 15.2 Å². The van der Waals surface area contributed by atoms with Crippen molar-refractivity contribution in [3.63, 3.8) is 0 Å². The van der Waals surface area contributed by atoms with Gasteiger partial charge in [-0.3, -0.25) is 10.1 Å². The number of aliphatic hydroxyl groups is 1. The maximum Gasteiger partial charge on any atom is 0.339 e. The Labute approximate surface area is 121 Å². The molecular weight excluding hydrogens is 278 g/mol. The fourth-order valence-corrected chi connectivity index (χ4v) is 2.35. The molecule has 0 saturated heterocycles. The van der Waals surface area contributed by atoms with Gasteiger partial charge >= 0.3 is 11.7 Å². The number of ether oxygens (including phenoxy) is 1. The number of methoxy groups -OCH3 is 1. The van der Waals surface area contributed by atoms with E-state index in [1.807, 2.05) is 0 Å². The smallest absolute Gasteiger partial charge is 0.339 e. The summed E-state index contributed by atoms with van der Waals surface area (Å²) >= 11 is 0. The van der Waals surface area contributed by atoms with Gasteiger partial charge in [-0.05, 0) is 25.7 Å². The highest BCUT2D eigenvalue weighted by Gasteiger charge is 2.24. The second-order valence-corrected chi connectivity index (χ2v) is 4.99. The van der Waals surface area contributed by atoms with E-state index in [4.69, 9.17) is 0 Å². The third kappa shape index (κ3) is 3.66. The molecule has 1 fully saturated rings. The first-order chi connectivity index (χ1) is 10.0. The van der Waals surface area contributed by atoms with E-state index >= 15 is 0 Å². The number of nitro groups is 1. The topological polar surface area (TPSA) is 115 Å². The predicted molar refractivity (Wildman–Crippen MR) is 74.1 cm³/mol. The lowest BCUT2D eigenvalue weighted by Crippen LogP contribution is -2.28. The molecule has 0 aromatic carbocycles. The molecule has 1 aliphatic carbocycles. The Morgan fingerprint density at radius 3 is 2.71 bits per heavy atom. The molecule has 0 bridgehead atoms. The number of hydrogen-bond acceptors (Lipinski definition) is 7. The zero-order chi connectivity index (χ0) is 15.4. The summed E-state index contributed by atoms with van der Waals surface area (Å²) < 4.78 is 4.52. The van der Waals surface area contributed by atoms with Gasteiger partial charge in [-0.25, -0.2) is 9.78 Å². The first-order valence-corrected chi connectivity index (χ1v) is 6.68. The lowest BCUT2D eigenvalue weighted by atomic mass is 9.93. The largest absolute Gasteiger partial charge is 0.465 e. The van der Waals surface area contributed by atoms with Gasteiger partial charge in [-0.1, -0.05) is 0 Å². The van der Waals surface area contributed by atoms with E-state index in [9.17, 15) is 20.0 Å². The second kappa shape index (κ2) is 6.49. The van der Waals surface area contributed by atoms with E-state index in [2.05, 4.69) is 15.0 Å². The Balaban J connectivity index is 2.18. The highest BCUT2D eigenvalue weighted by atomic mass is 16.6. The van der Waals surface area contributed by atoms with Crippen molar-refractivity contribution in [1.82, 2.24) is 4.98 Å². The van der Waals surface area contributed by atoms with Crippen LogP contribution in [0.15, 0.2) is 12.3 Å². The number of aliphatic hydroxyl groups excluding tert-OH is 1. The summed E-state index contributed by atoms with van der Waals surface area (Å²) in [5.41, 5.74) is -0.224. The molecule has 0 amide bonds. The lowest BCUT2D eigenvalue weighted by molar-refractivity contribution is -0.384. The van der Waals surface area contributed by atoms with Crippen LogP contribution in [0.3, 0.4) is 0 Å². The summed E-state index contributed by atoms with van der Waals surface area (Å²) in [6.07, 6.45) is 3.71. The Kier molecular flexibility index (Phi) is 4.69. The zero-order valence-electron chi connectivity index (χ0n) is 11.6. The van der Waals surface area contributed by atoms with Crippen LogP contribution >= 0.6 is 0 Å². The molecule has 0 atom stereocenters. The fourth-order valence-electron chi connectivity index (χ4n) is 2.35. The molecule has 0 radical (unpaired) electrons. The quantitative estimate of drug-likeness (QED) is 0.491. The van der Waals surface area contributed by atoms with Crippen molar-refractivity contribution in [2.75, 3.05) is 12.4 Å². The van der Waals surface area contributed by atoms with Crippen molar-refractivity contribution in [1.29, 1.82) is 0 Å². The van der Waals surface area contributed by atoms with E-state index in [-0.39, 0.29) is 29.2 Å². The van der Waals surface area contributed by atoms with E-state index in [1.54, 1.807) is 0 Å². The summed E-state index contributed by atoms with van der Waals surface area (Å²) in [5, 5.41) is 23.6. The molecule has 8 nitrogen and oxygen atoms in total. The van der Waals surface area contributed by atoms with Gasteiger partial charge in [0.05, 0.1) is 23.7 Å². The van der Waals surface area contributed by atoms with Crippen molar-refractivity contribution in [3.05, 3.63) is 27.9 Å². The second-order valence-electron chi connectivity index (χ2n) is 4.99. The van der Waals surface area contributed by atoms with Crippen LogP contribution in [-0.4, -0.2) is 40.2 Å². The number of aromatic nitrogens is 1. The molecule has 1 heterocycles. The minimum atomic E-state index is -0.669. The zero-order valence-corrected chi connectivity index (χ0v) is 11.6. The summed E-state index contributed by atoms with van der Waals surface area (Å²) in [6.45, 7) is 0. The van der Waals surface area contributed by atoms with Crippen LogP contribution in [0.4, 0.5) is 11.5 Å². The average molecular weight is 295 g/mol. The number of nitrogens with zero attached hydrogens (tertiary/aromatic N) is 2. The van der Waals surface area contributed by atoms with E-state index in [0.29, 0.717) is 12.8 Å². The predicted octanol–water partition coefficient (Wildman–Crippen LogP) is 1.49. The molecule has 1 aliphatic rings. The van der Waals surface area contributed by atoms with Gasteiger partial charge in [0.2, 0.25) is 5.82 Å². The Morgan fingerprint density at radius 2 is 2.14 bits per heavy atom. The first kappa shape index (κ1) is 15.2. The van der Waals surface area contributed by atoms with Crippen molar-refractivity contribution in [2.24, 2.45) is 0 Å². The number of carbonyl (C=O) groups excluding carboxylic acids is 1. The Bertz CT molecular complexity index is 541. The minimum Gasteiger partial charge on any atom is -0.465 e. The van der Waals surface area contributed by atoms with Crippen LogP contribution in [0, 0.1) is 10.1 Å². The molecule has 2 rings (SSSR count). The third-order valence-corrected chi connectivity index (χ3v) is 3.52. The normalized spacial score (nSPS) is 21.6. The van der Waals surface area contributed by atoms with Crippen molar-refractivity contribution in [3.8, 4) is 0 Å². The molecule has 1 aromatic rings. The lowest BCUT2D eigenvalue weighted by Gasteiger charge is -2.26. The van der Waals surface area contributed by atoms with Crippen LogP contribution < -0.4 is 5.32 Å². The number of esters is 1. The van der Waals surface area contributed by atoms with Crippen LogP contribution in [-0.2, 0) is 4.74 Å². The molecule has 114 valence electrons.